The van der Waals surface area contributed by atoms with Crippen LogP contribution in [0.15, 0.2) is 24.3 Å². The summed E-state index contributed by atoms with van der Waals surface area (Å²) >= 11 is 0. The highest BCUT2D eigenvalue weighted by atomic mass is 16.6. The van der Waals surface area contributed by atoms with Gasteiger partial charge in [-0.15, -0.1) is 0 Å². The Kier molecular flexibility index (Phi) is 6.72. The normalized spacial score (nSPS) is 27.9. The van der Waals surface area contributed by atoms with Gasteiger partial charge >= 0.3 is 12.1 Å². The Morgan fingerprint density at radius 2 is 1.65 bits per heavy atom. The second-order valence-corrected chi connectivity index (χ2v) is 8.36. The fraction of sp³-hybridized carbons (Fsp3) is 0.591. The number of ether oxygens (including phenoxy) is 3. The van der Waals surface area contributed by atoms with Crippen molar-refractivity contribution >= 4 is 23.6 Å². The number of Topliss-reactive ketones (excluding diaryl/α,β-unsaturated/α-hetero) is 1. The monoisotopic (exact) mass is 431 g/mol. The highest BCUT2D eigenvalue weighted by Crippen LogP contribution is 2.29. The van der Waals surface area contributed by atoms with Crippen molar-refractivity contribution in [3.63, 3.8) is 0 Å². The lowest BCUT2D eigenvalue weighted by Gasteiger charge is -2.24. The van der Waals surface area contributed by atoms with Crippen molar-refractivity contribution in [3.8, 4) is 0 Å². The fourth-order valence-electron chi connectivity index (χ4n) is 4.40. The molecular weight excluding hydrogens is 402 g/mol. The van der Waals surface area contributed by atoms with Gasteiger partial charge in [0, 0.05) is 17.3 Å². The Balaban J connectivity index is 1.24. The first kappa shape index (κ1) is 21.6. The molecule has 0 aromatic heterocycles. The van der Waals surface area contributed by atoms with E-state index in [9.17, 15) is 14.4 Å². The molecule has 9 nitrogen and oxygen atoms in total. The first-order chi connectivity index (χ1) is 15.0. The van der Waals surface area contributed by atoms with Crippen LogP contribution in [0, 0.1) is 0 Å². The number of nitrogens with one attached hydrogen (secondary N) is 3. The van der Waals surface area contributed by atoms with E-state index in [1.165, 1.54) is 13.3 Å². The van der Waals surface area contributed by atoms with Gasteiger partial charge < -0.3 is 30.2 Å². The van der Waals surface area contributed by atoms with Gasteiger partial charge in [-0.2, -0.15) is 0 Å². The molecule has 0 unspecified atom stereocenters. The summed E-state index contributed by atoms with van der Waals surface area (Å²) < 4.78 is 17.1. The number of amides is 3. The first-order valence-corrected chi connectivity index (χ1v) is 10.9. The van der Waals surface area contributed by atoms with Crippen molar-refractivity contribution in [2.45, 2.75) is 69.4 Å². The van der Waals surface area contributed by atoms with E-state index in [0.717, 1.165) is 25.7 Å². The van der Waals surface area contributed by atoms with E-state index >= 15 is 0 Å². The lowest BCUT2D eigenvalue weighted by molar-refractivity contribution is 0.00271. The fourth-order valence-corrected chi connectivity index (χ4v) is 4.40. The summed E-state index contributed by atoms with van der Waals surface area (Å²) in [5.41, 5.74) is 1.15. The highest BCUT2D eigenvalue weighted by Gasteiger charge is 2.50. The van der Waals surface area contributed by atoms with Gasteiger partial charge in [0.15, 0.2) is 11.9 Å². The number of hydrogen-bond donors (Lipinski definition) is 3. The molecule has 3 amide bonds. The van der Waals surface area contributed by atoms with Crippen LogP contribution in [0.5, 0.6) is 0 Å². The number of fused-ring (bicyclic) bond motifs is 1. The van der Waals surface area contributed by atoms with Gasteiger partial charge in [-0.05, 0) is 44.0 Å². The van der Waals surface area contributed by atoms with E-state index in [2.05, 4.69) is 16.0 Å². The SMILES string of the molecule is CC(=O)c1ccc(NC(=O)N[C@@H]2CO[C@@H]3[C@@H]2OC[C@H]3OC(=O)NC2CCCCC2)cc1. The molecule has 4 rings (SSSR count). The molecule has 31 heavy (non-hydrogen) atoms. The summed E-state index contributed by atoms with van der Waals surface area (Å²) in [5, 5.41) is 8.52. The van der Waals surface area contributed by atoms with Gasteiger partial charge in [0.25, 0.3) is 0 Å². The molecule has 1 saturated carbocycles. The Bertz CT molecular complexity index is 808. The molecule has 2 aliphatic heterocycles. The number of alkyl carbamates (subject to hydrolysis) is 1. The molecule has 0 bridgehead atoms. The second-order valence-electron chi connectivity index (χ2n) is 8.36. The maximum absolute atomic E-state index is 12.4. The smallest absolute Gasteiger partial charge is 0.407 e. The van der Waals surface area contributed by atoms with Crippen LogP contribution in [0.25, 0.3) is 0 Å². The molecule has 1 aliphatic carbocycles. The van der Waals surface area contributed by atoms with Crippen LogP contribution in [-0.4, -0.2) is 61.5 Å². The molecular formula is C22H29N3O6. The van der Waals surface area contributed by atoms with Crippen molar-refractivity contribution in [1.29, 1.82) is 0 Å². The minimum atomic E-state index is -0.498. The lowest BCUT2D eigenvalue weighted by atomic mass is 9.96. The van der Waals surface area contributed by atoms with Crippen molar-refractivity contribution in [2.24, 2.45) is 0 Å². The van der Waals surface area contributed by atoms with Crippen molar-refractivity contribution < 1.29 is 28.6 Å². The first-order valence-electron chi connectivity index (χ1n) is 10.9. The summed E-state index contributed by atoms with van der Waals surface area (Å²) in [4.78, 5) is 35.9. The molecule has 3 N–H and O–H groups in total. The van der Waals surface area contributed by atoms with Crippen LogP contribution in [0.3, 0.4) is 0 Å². The number of anilines is 1. The number of rotatable bonds is 5. The Morgan fingerprint density at radius 1 is 0.935 bits per heavy atom. The zero-order valence-corrected chi connectivity index (χ0v) is 17.6. The average molecular weight is 431 g/mol. The van der Waals surface area contributed by atoms with E-state index < -0.39 is 24.3 Å². The van der Waals surface area contributed by atoms with Crippen LogP contribution >= 0.6 is 0 Å². The summed E-state index contributed by atoms with van der Waals surface area (Å²) in [6.07, 6.45) is 3.72. The van der Waals surface area contributed by atoms with Crippen molar-refractivity contribution in [2.75, 3.05) is 18.5 Å². The van der Waals surface area contributed by atoms with Gasteiger partial charge in [0.1, 0.15) is 12.2 Å². The number of benzene rings is 1. The standard InChI is InChI=1S/C22H29N3O6/c1-13(26)14-7-9-16(10-8-14)23-21(27)25-17-11-29-20-18(12-30-19(17)20)31-22(28)24-15-5-3-2-4-6-15/h7-10,15,17-20H,2-6,11-12H2,1H3,(H,24,28)(H2,23,25,27)/t17-,18-,19-,20+/m1/s1. The number of carbonyl (C=O) groups excluding carboxylic acids is 3. The zero-order chi connectivity index (χ0) is 21.8. The molecule has 3 aliphatic rings. The van der Waals surface area contributed by atoms with Gasteiger partial charge in [-0.25, -0.2) is 9.59 Å². The third kappa shape index (κ3) is 5.34. The third-order valence-corrected chi connectivity index (χ3v) is 6.06. The largest absolute Gasteiger partial charge is 0.441 e. The Morgan fingerprint density at radius 3 is 2.35 bits per heavy atom. The maximum atomic E-state index is 12.4. The van der Waals surface area contributed by atoms with Crippen molar-refractivity contribution in [3.05, 3.63) is 29.8 Å². The molecule has 1 aromatic carbocycles. The van der Waals surface area contributed by atoms with Crippen LogP contribution in [0.4, 0.5) is 15.3 Å². The van der Waals surface area contributed by atoms with E-state index in [-0.39, 0.29) is 37.2 Å². The Hall–Kier alpha value is -2.65. The summed E-state index contributed by atoms with van der Waals surface area (Å²) in [6, 6.07) is 6.09. The van der Waals surface area contributed by atoms with E-state index in [0.29, 0.717) is 11.3 Å². The minimum Gasteiger partial charge on any atom is -0.441 e. The summed E-state index contributed by atoms with van der Waals surface area (Å²) in [7, 11) is 0. The average Bonchev–Trinajstić information content (AvgIpc) is 3.32. The maximum Gasteiger partial charge on any atom is 0.407 e. The summed E-state index contributed by atoms with van der Waals surface area (Å²) in [5.74, 6) is -0.0345. The lowest BCUT2D eigenvalue weighted by Crippen LogP contribution is -2.46. The number of carbonyl (C=O) groups is 3. The van der Waals surface area contributed by atoms with E-state index in [4.69, 9.17) is 14.2 Å². The van der Waals surface area contributed by atoms with Crippen molar-refractivity contribution in [1.82, 2.24) is 10.6 Å². The third-order valence-electron chi connectivity index (χ3n) is 6.06. The zero-order valence-electron chi connectivity index (χ0n) is 17.6. The van der Waals surface area contributed by atoms with Gasteiger partial charge in [-0.1, -0.05) is 19.3 Å². The molecule has 168 valence electrons. The molecule has 3 fully saturated rings. The molecule has 2 saturated heterocycles. The topological polar surface area (TPSA) is 115 Å². The van der Waals surface area contributed by atoms with Crippen LogP contribution in [-0.2, 0) is 14.2 Å². The number of urea groups is 1. The van der Waals surface area contributed by atoms with Gasteiger partial charge in [-0.3, -0.25) is 4.79 Å². The predicted octanol–water partition coefficient (Wildman–Crippen LogP) is 2.60. The van der Waals surface area contributed by atoms with Crippen LogP contribution in [0.2, 0.25) is 0 Å². The van der Waals surface area contributed by atoms with E-state index in [1.54, 1.807) is 24.3 Å². The summed E-state index contributed by atoms with van der Waals surface area (Å²) in [6.45, 7) is 2.00. The van der Waals surface area contributed by atoms with Crippen LogP contribution < -0.4 is 16.0 Å². The second kappa shape index (κ2) is 9.65. The highest BCUT2D eigenvalue weighted by molar-refractivity contribution is 5.95. The molecule has 1 aromatic rings. The molecule has 2 heterocycles. The molecule has 9 heteroatoms. The predicted molar refractivity (Wildman–Crippen MR) is 112 cm³/mol. The van der Waals surface area contributed by atoms with Crippen LogP contribution in [0.1, 0.15) is 49.4 Å². The molecule has 0 spiro atoms. The minimum absolute atomic E-state index is 0.0345. The molecule has 4 atom stereocenters. The number of ketones is 1. The number of hydrogen-bond acceptors (Lipinski definition) is 6. The van der Waals surface area contributed by atoms with Gasteiger partial charge in [0.2, 0.25) is 0 Å². The Labute approximate surface area is 181 Å². The van der Waals surface area contributed by atoms with E-state index in [1.807, 2.05) is 0 Å². The molecule has 0 radical (unpaired) electrons. The van der Waals surface area contributed by atoms with Gasteiger partial charge in [0.05, 0.1) is 19.3 Å². The quantitative estimate of drug-likeness (QED) is 0.618.